The number of aromatic nitrogens is 4. The number of benzene rings is 1. The number of ether oxygens (including phenoxy) is 1. The van der Waals surface area contributed by atoms with Gasteiger partial charge >= 0.3 is 5.97 Å². The molecule has 0 atom stereocenters. The first-order valence-electron chi connectivity index (χ1n) is 8.58. The molecule has 29 heavy (non-hydrogen) atoms. The average molecular weight is 444 g/mol. The van der Waals surface area contributed by atoms with Crippen LogP contribution >= 0.6 is 34.3 Å². The zero-order chi connectivity index (χ0) is 20.2. The number of nitrogens with zero attached hydrogens (tertiary/aromatic N) is 4. The minimum Gasteiger partial charge on any atom is -0.462 e. The molecule has 0 aliphatic rings. The summed E-state index contributed by atoms with van der Waals surface area (Å²) in [6, 6.07) is 11.1. The molecule has 0 saturated carbocycles. The first-order chi connectivity index (χ1) is 14.1. The van der Waals surface area contributed by atoms with Crippen LogP contribution in [0, 0.1) is 0 Å². The van der Waals surface area contributed by atoms with E-state index in [9.17, 15) is 4.79 Å². The van der Waals surface area contributed by atoms with Gasteiger partial charge in [-0.3, -0.25) is 0 Å². The molecule has 0 aliphatic carbocycles. The van der Waals surface area contributed by atoms with Gasteiger partial charge < -0.3 is 10.1 Å². The molecule has 0 aliphatic heterocycles. The van der Waals surface area contributed by atoms with Crippen molar-refractivity contribution in [2.45, 2.75) is 6.92 Å². The molecular formula is C19H14ClN5O2S2. The van der Waals surface area contributed by atoms with Gasteiger partial charge in [-0.15, -0.1) is 21.5 Å². The van der Waals surface area contributed by atoms with Gasteiger partial charge in [-0.2, -0.15) is 0 Å². The third kappa shape index (κ3) is 4.42. The maximum absolute atomic E-state index is 12.3. The summed E-state index contributed by atoms with van der Waals surface area (Å²) in [4.78, 5) is 22.2. The van der Waals surface area contributed by atoms with Crippen LogP contribution in [0.1, 0.15) is 17.3 Å². The zero-order valence-electron chi connectivity index (χ0n) is 15.1. The van der Waals surface area contributed by atoms with Crippen molar-refractivity contribution in [1.29, 1.82) is 0 Å². The first kappa shape index (κ1) is 19.4. The number of thiophene rings is 1. The Morgan fingerprint density at radius 3 is 2.76 bits per heavy atom. The molecule has 0 amide bonds. The number of carbonyl (C=O) groups is 1. The van der Waals surface area contributed by atoms with Crippen molar-refractivity contribution in [3.05, 3.63) is 58.6 Å². The van der Waals surface area contributed by atoms with Gasteiger partial charge in [-0.1, -0.05) is 29.0 Å². The van der Waals surface area contributed by atoms with Gasteiger partial charge in [0.25, 0.3) is 0 Å². The molecule has 4 rings (SSSR count). The second-order valence-corrected chi connectivity index (χ2v) is 8.06. The van der Waals surface area contributed by atoms with Gasteiger partial charge in [0.05, 0.1) is 11.5 Å². The van der Waals surface area contributed by atoms with Crippen LogP contribution in [0.4, 0.5) is 10.9 Å². The Hall–Kier alpha value is -2.88. The van der Waals surface area contributed by atoms with Crippen LogP contribution in [0.5, 0.6) is 0 Å². The molecule has 1 N–H and O–H groups in total. The summed E-state index contributed by atoms with van der Waals surface area (Å²) < 4.78 is 5.12. The smallest absolute Gasteiger partial charge is 0.343 e. The van der Waals surface area contributed by atoms with Gasteiger partial charge in [-0.25, -0.2) is 14.8 Å². The number of hydrogen-bond donors (Lipinski definition) is 1. The van der Waals surface area contributed by atoms with Crippen molar-refractivity contribution in [2.75, 3.05) is 11.9 Å². The van der Waals surface area contributed by atoms with Crippen LogP contribution in [0.25, 0.3) is 21.3 Å². The van der Waals surface area contributed by atoms with Crippen LogP contribution in [0.2, 0.25) is 5.02 Å². The standard InChI is InChI=1S/C19H14ClN5O2S2/c1-2-27-18(26)13-10-21-15(11-5-7-12(20)8-6-11)22-16(13)23-19-25-24-17(29-19)14-4-3-9-28-14/h3-10H,2H2,1H3,(H,21,22,23,25). The molecular weight excluding hydrogens is 430 g/mol. The third-order valence-electron chi connectivity index (χ3n) is 3.77. The molecule has 3 heterocycles. The summed E-state index contributed by atoms with van der Waals surface area (Å²) in [6.07, 6.45) is 1.44. The average Bonchev–Trinajstić information content (AvgIpc) is 3.40. The van der Waals surface area contributed by atoms with E-state index in [1.165, 1.54) is 17.5 Å². The van der Waals surface area contributed by atoms with Crippen LogP contribution < -0.4 is 5.32 Å². The van der Waals surface area contributed by atoms with Crippen molar-refractivity contribution in [3.63, 3.8) is 0 Å². The highest BCUT2D eigenvalue weighted by Crippen LogP contribution is 2.32. The van der Waals surface area contributed by atoms with E-state index in [-0.39, 0.29) is 12.2 Å². The highest BCUT2D eigenvalue weighted by atomic mass is 35.5. The Balaban J connectivity index is 1.69. The van der Waals surface area contributed by atoms with E-state index >= 15 is 0 Å². The van der Waals surface area contributed by atoms with Gasteiger partial charge in [-0.05, 0) is 42.6 Å². The lowest BCUT2D eigenvalue weighted by atomic mass is 10.2. The lowest BCUT2D eigenvalue weighted by molar-refractivity contribution is 0.0526. The Bertz CT molecular complexity index is 1130. The molecule has 0 radical (unpaired) electrons. The quantitative estimate of drug-likeness (QED) is 0.404. The largest absolute Gasteiger partial charge is 0.462 e. The molecule has 0 unspecified atom stereocenters. The lowest BCUT2D eigenvalue weighted by Gasteiger charge is -2.10. The Morgan fingerprint density at radius 1 is 1.21 bits per heavy atom. The van der Waals surface area contributed by atoms with Gasteiger partial charge in [0, 0.05) is 16.8 Å². The number of anilines is 2. The Morgan fingerprint density at radius 2 is 2.03 bits per heavy atom. The fourth-order valence-electron chi connectivity index (χ4n) is 2.45. The van der Waals surface area contributed by atoms with E-state index in [4.69, 9.17) is 16.3 Å². The molecule has 0 fully saturated rings. The summed E-state index contributed by atoms with van der Waals surface area (Å²) in [5.74, 6) is 0.234. The van der Waals surface area contributed by atoms with Gasteiger partial charge in [0.1, 0.15) is 5.56 Å². The molecule has 0 saturated heterocycles. The van der Waals surface area contributed by atoms with Crippen LogP contribution in [0.3, 0.4) is 0 Å². The summed E-state index contributed by atoms with van der Waals surface area (Å²) in [5, 5.41) is 15.3. The summed E-state index contributed by atoms with van der Waals surface area (Å²) in [5.41, 5.74) is 0.988. The van der Waals surface area contributed by atoms with Crippen LogP contribution in [-0.4, -0.2) is 32.7 Å². The topological polar surface area (TPSA) is 89.9 Å². The third-order valence-corrected chi connectivity index (χ3v) is 5.90. The Labute approximate surface area is 179 Å². The summed E-state index contributed by atoms with van der Waals surface area (Å²) in [6.45, 7) is 1.99. The summed E-state index contributed by atoms with van der Waals surface area (Å²) in [7, 11) is 0. The maximum Gasteiger partial charge on any atom is 0.343 e. The van der Waals surface area contributed by atoms with Crippen molar-refractivity contribution >= 4 is 51.2 Å². The van der Waals surface area contributed by atoms with E-state index in [2.05, 4.69) is 25.5 Å². The minimum atomic E-state index is -0.513. The van der Waals surface area contributed by atoms with Crippen LogP contribution in [0.15, 0.2) is 48.0 Å². The second-order valence-electron chi connectivity index (χ2n) is 5.70. The highest BCUT2D eigenvalue weighted by molar-refractivity contribution is 7.22. The number of halogens is 1. The van der Waals surface area contributed by atoms with E-state index in [1.807, 2.05) is 29.6 Å². The van der Waals surface area contributed by atoms with Gasteiger partial charge in [0.2, 0.25) is 5.13 Å². The molecule has 0 bridgehead atoms. The minimum absolute atomic E-state index is 0.220. The lowest BCUT2D eigenvalue weighted by Crippen LogP contribution is -2.11. The van der Waals surface area contributed by atoms with Crippen LogP contribution in [-0.2, 0) is 4.74 Å². The first-order valence-corrected chi connectivity index (χ1v) is 10.7. The molecule has 146 valence electrons. The predicted molar refractivity (Wildman–Crippen MR) is 115 cm³/mol. The number of carbonyl (C=O) groups excluding carboxylic acids is 1. The fraction of sp³-hybridized carbons (Fsp3) is 0.105. The normalized spacial score (nSPS) is 10.7. The monoisotopic (exact) mass is 443 g/mol. The van der Waals surface area contributed by atoms with E-state index < -0.39 is 5.97 Å². The number of rotatable bonds is 6. The SMILES string of the molecule is CCOC(=O)c1cnc(-c2ccc(Cl)cc2)nc1Nc1nnc(-c2cccs2)s1. The summed E-state index contributed by atoms with van der Waals surface area (Å²) >= 11 is 8.91. The van der Waals surface area contributed by atoms with E-state index in [0.29, 0.717) is 21.8 Å². The second kappa shape index (κ2) is 8.64. The molecule has 10 heteroatoms. The highest BCUT2D eigenvalue weighted by Gasteiger charge is 2.18. The van der Waals surface area contributed by atoms with Crippen molar-refractivity contribution in [3.8, 4) is 21.3 Å². The molecule has 4 aromatic rings. The number of hydrogen-bond acceptors (Lipinski definition) is 9. The maximum atomic E-state index is 12.3. The van der Waals surface area contributed by atoms with Crippen molar-refractivity contribution in [2.24, 2.45) is 0 Å². The Kier molecular flexibility index (Phi) is 5.79. The molecule has 7 nitrogen and oxygen atoms in total. The molecule has 0 spiro atoms. The zero-order valence-corrected chi connectivity index (χ0v) is 17.5. The molecule has 3 aromatic heterocycles. The van der Waals surface area contributed by atoms with Gasteiger partial charge in [0.15, 0.2) is 16.6 Å². The molecule has 1 aromatic carbocycles. The fourth-order valence-corrected chi connectivity index (χ4v) is 4.11. The van der Waals surface area contributed by atoms with Crippen molar-refractivity contribution in [1.82, 2.24) is 20.2 Å². The number of nitrogens with one attached hydrogen (secondary N) is 1. The van der Waals surface area contributed by atoms with Crippen molar-refractivity contribution < 1.29 is 9.53 Å². The predicted octanol–water partition coefficient (Wildman–Crippen LogP) is 5.30. The van der Waals surface area contributed by atoms with E-state index in [1.54, 1.807) is 30.4 Å². The van der Waals surface area contributed by atoms with E-state index in [0.717, 1.165) is 15.4 Å². The number of esters is 1.